The van der Waals surface area contributed by atoms with Crippen molar-refractivity contribution in [2.45, 2.75) is 25.9 Å². The normalized spacial score (nSPS) is 13.5. The smallest absolute Gasteiger partial charge is 0.255 e. The number of benzene rings is 1. The first-order valence-corrected chi connectivity index (χ1v) is 6.16. The number of hydrogen-bond acceptors (Lipinski definition) is 4. The molecule has 0 spiro atoms. The fraction of sp³-hybridized carbons (Fsp3) is 0.500. The highest BCUT2D eigenvalue weighted by Crippen LogP contribution is 2.23. The molecule has 0 heterocycles. The van der Waals surface area contributed by atoms with Crippen LogP contribution in [0, 0.1) is 0 Å². The van der Waals surface area contributed by atoms with Crippen LogP contribution < -0.4 is 14.8 Å². The minimum Gasteiger partial charge on any atom is -0.497 e. The van der Waals surface area contributed by atoms with Crippen molar-refractivity contribution in [2.24, 2.45) is 0 Å². The largest absolute Gasteiger partial charge is 0.497 e. The van der Waals surface area contributed by atoms with Crippen LogP contribution in [0.15, 0.2) is 18.2 Å². The first-order valence-electron chi connectivity index (χ1n) is 6.16. The zero-order valence-corrected chi connectivity index (χ0v) is 11.8. The Bertz CT molecular complexity index is 443. The van der Waals surface area contributed by atoms with Crippen molar-refractivity contribution in [3.8, 4) is 11.5 Å². The van der Waals surface area contributed by atoms with Gasteiger partial charge in [0.2, 0.25) is 0 Å². The molecule has 0 aliphatic rings. The van der Waals surface area contributed by atoms with Gasteiger partial charge in [0, 0.05) is 6.54 Å². The van der Waals surface area contributed by atoms with Gasteiger partial charge in [-0.25, -0.2) is 0 Å². The molecule has 106 valence electrons. The van der Waals surface area contributed by atoms with Crippen molar-refractivity contribution in [1.29, 1.82) is 0 Å². The lowest BCUT2D eigenvalue weighted by molar-refractivity contribution is 0.0517. The summed E-state index contributed by atoms with van der Waals surface area (Å²) in [5.41, 5.74) is -0.532. The maximum absolute atomic E-state index is 12.1. The quantitative estimate of drug-likeness (QED) is 0.821. The van der Waals surface area contributed by atoms with E-state index in [0.717, 1.165) is 0 Å². The van der Waals surface area contributed by atoms with E-state index in [1.807, 2.05) is 6.92 Å². The molecule has 0 radical (unpaired) electrons. The fourth-order valence-corrected chi connectivity index (χ4v) is 1.48. The summed E-state index contributed by atoms with van der Waals surface area (Å²) in [6, 6.07) is 5.00. The van der Waals surface area contributed by atoms with Crippen molar-refractivity contribution in [1.82, 2.24) is 5.32 Å². The molecule has 5 heteroatoms. The summed E-state index contributed by atoms with van der Waals surface area (Å²) >= 11 is 0. The number of carbonyl (C=O) groups is 1. The third kappa shape index (κ3) is 4.13. The molecule has 2 N–H and O–H groups in total. The fourth-order valence-electron chi connectivity index (χ4n) is 1.48. The second-order valence-corrected chi connectivity index (χ2v) is 4.60. The van der Waals surface area contributed by atoms with Gasteiger partial charge in [-0.2, -0.15) is 0 Å². The number of nitrogens with one attached hydrogen (secondary N) is 1. The Morgan fingerprint density at radius 2 is 2.05 bits per heavy atom. The molecule has 19 heavy (non-hydrogen) atoms. The standard InChI is InChI=1S/C14H21NO4/c1-5-14(2,17)9-15-13(16)11-8-10(18-3)6-7-12(11)19-4/h6-8,17H,5,9H2,1-4H3,(H,15,16). The molecule has 1 aromatic carbocycles. The Morgan fingerprint density at radius 1 is 1.37 bits per heavy atom. The molecule has 1 unspecified atom stereocenters. The van der Waals surface area contributed by atoms with Crippen LogP contribution in [0.1, 0.15) is 30.6 Å². The van der Waals surface area contributed by atoms with Crippen LogP contribution in [-0.2, 0) is 0 Å². The molecular formula is C14H21NO4. The molecule has 1 rings (SSSR count). The molecule has 0 saturated heterocycles. The van der Waals surface area contributed by atoms with Crippen LogP contribution in [0.2, 0.25) is 0 Å². The minimum atomic E-state index is -0.915. The molecule has 1 atom stereocenters. The summed E-state index contributed by atoms with van der Waals surface area (Å²) in [5, 5.41) is 12.6. The molecule has 1 aromatic rings. The van der Waals surface area contributed by atoms with Gasteiger partial charge in [-0.3, -0.25) is 4.79 Å². The highest BCUT2D eigenvalue weighted by atomic mass is 16.5. The molecule has 0 fully saturated rings. The average Bonchev–Trinajstić information content (AvgIpc) is 2.44. The minimum absolute atomic E-state index is 0.183. The maximum Gasteiger partial charge on any atom is 0.255 e. The van der Waals surface area contributed by atoms with E-state index in [-0.39, 0.29) is 12.5 Å². The Kier molecular flexibility index (Phi) is 5.18. The molecule has 0 saturated carbocycles. The van der Waals surface area contributed by atoms with Crippen LogP contribution in [0.3, 0.4) is 0 Å². The zero-order valence-electron chi connectivity index (χ0n) is 11.8. The number of aliphatic hydroxyl groups is 1. The Labute approximate surface area is 113 Å². The molecular weight excluding hydrogens is 246 g/mol. The number of ether oxygens (including phenoxy) is 2. The topological polar surface area (TPSA) is 67.8 Å². The van der Waals surface area contributed by atoms with Gasteiger partial charge < -0.3 is 19.9 Å². The van der Waals surface area contributed by atoms with Crippen molar-refractivity contribution >= 4 is 5.91 Å². The average molecular weight is 267 g/mol. The molecule has 0 aliphatic heterocycles. The van der Waals surface area contributed by atoms with Gasteiger partial charge in [-0.1, -0.05) is 6.92 Å². The van der Waals surface area contributed by atoms with E-state index >= 15 is 0 Å². The van der Waals surface area contributed by atoms with Crippen LogP contribution in [0.25, 0.3) is 0 Å². The van der Waals surface area contributed by atoms with Crippen LogP contribution in [0.4, 0.5) is 0 Å². The molecule has 1 amide bonds. The summed E-state index contributed by atoms with van der Waals surface area (Å²) in [6.07, 6.45) is 0.558. The van der Waals surface area contributed by atoms with Gasteiger partial charge in [0.25, 0.3) is 5.91 Å². The molecule has 0 aromatic heterocycles. The van der Waals surface area contributed by atoms with E-state index in [0.29, 0.717) is 23.5 Å². The van der Waals surface area contributed by atoms with E-state index in [4.69, 9.17) is 9.47 Å². The number of hydrogen-bond donors (Lipinski definition) is 2. The van der Waals surface area contributed by atoms with Crippen molar-refractivity contribution < 1.29 is 19.4 Å². The summed E-state index contributed by atoms with van der Waals surface area (Å²) < 4.78 is 10.2. The van der Waals surface area contributed by atoms with Crippen LogP contribution >= 0.6 is 0 Å². The highest BCUT2D eigenvalue weighted by molar-refractivity contribution is 5.97. The predicted octanol–water partition coefficient (Wildman–Crippen LogP) is 1.59. The van der Waals surface area contributed by atoms with Crippen LogP contribution in [-0.4, -0.2) is 37.4 Å². The number of carbonyl (C=O) groups excluding carboxylic acids is 1. The number of rotatable bonds is 6. The van der Waals surface area contributed by atoms with Crippen molar-refractivity contribution in [3.63, 3.8) is 0 Å². The predicted molar refractivity (Wildman–Crippen MR) is 72.8 cm³/mol. The van der Waals surface area contributed by atoms with Gasteiger partial charge in [0.15, 0.2) is 0 Å². The number of methoxy groups -OCH3 is 2. The van der Waals surface area contributed by atoms with E-state index < -0.39 is 5.60 Å². The Hall–Kier alpha value is -1.75. The maximum atomic E-state index is 12.1. The zero-order chi connectivity index (χ0) is 14.5. The van der Waals surface area contributed by atoms with Gasteiger partial charge in [0.1, 0.15) is 11.5 Å². The summed E-state index contributed by atoms with van der Waals surface area (Å²) in [5.74, 6) is 0.743. The lowest BCUT2D eigenvalue weighted by Gasteiger charge is -2.21. The third-order valence-corrected chi connectivity index (χ3v) is 3.04. The monoisotopic (exact) mass is 267 g/mol. The van der Waals surface area contributed by atoms with E-state index in [9.17, 15) is 9.90 Å². The molecule has 0 aliphatic carbocycles. The van der Waals surface area contributed by atoms with Gasteiger partial charge in [-0.05, 0) is 31.5 Å². The van der Waals surface area contributed by atoms with Gasteiger partial charge in [0.05, 0.1) is 25.4 Å². The van der Waals surface area contributed by atoms with Crippen molar-refractivity contribution in [2.75, 3.05) is 20.8 Å². The van der Waals surface area contributed by atoms with Crippen molar-refractivity contribution in [3.05, 3.63) is 23.8 Å². The van der Waals surface area contributed by atoms with Gasteiger partial charge >= 0.3 is 0 Å². The van der Waals surface area contributed by atoms with Crippen LogP contribution in [0.5, 0.6) is 11.5 Å². The van der Waals surface area contributed by atoms with E-state index in [2.05, 4.69) is 5.32 Å². The van der Waals surface area contributed by atoms with E-state index in [1.165, 1.54) is 14.2 Å². The highest BCUT2D eigenvalue weighted by Gasteiger charge is 2.20. The van der Waals surface area contributed by atoms with E-state index in [1.54, 1.807) is 25.1 Å². The summed E-state index contributed by atoms with van der Waals surface area (Å²) in [7, 11) is 3.03. The lowest BCUT2D eigenvalue weighted by atomic mass is 10.0. The third-order valence-electron chi connectivity index (χ3n) is 3.04. The second kappa shape index (κ2) is 6.43. The SMILES string of the molecule is CCC(C)(O)CNC(=O)c1cc(OC)ccc1OC. The lowest BCUT2D eigenvalue weighted by Crippen LogP contribution is -2.40. The Balaban J connectivity index is 2.86. The number of amides is 1. The summed E-state index contributed by atoms with van der Waals surface area (Å²) in [6.45, 7) is 3.72. The summed E-state index contributed by atoms with van der Waals surface area (Å²) in [4.78, 5) is 12.1. The Morgan fingerprint density at radius 3 is 2.58 bits per heavy atom. The first-order chi connectivity index (χ1) is 8.93. The second-order valence-electron chi connectivity index (χ2n) is 4.60. The van der Waals surface area contributed by atoms with Gasteiger partial charge in [-0.15, -0.1) is 0 Å². The first kappa shape index (κ1) is 15.3. The molecule has 5 nitrogen and oxygen atoms in total. The molecule has 0 bridgehead atoms.